The maximum atomic E-state index is 11.3. The monoisotopic (exact) mass is 238 g/mol. The molecule has 1 aliphatic heterocycles. The first-order valence-corrected chi connectivity index (χ1v) is 6.79. The molecule has 1 unspecified atom stereocenters. The van der Waals surface area contributed by atoms with Crippen molar-refractivity contribution in [1.29, 1.82) is 0 Å². The van der Waals surface area contributed by atoms with Gasteiger partial charge in [0.25, 0.3) is 0 Å². The lowest BCUT2D eigenvalue weighted by molar-refractivity contribution is 0.239. The van der Waals surface area contributed by atoms with Crippen molar-refractivity contribution in [1.82, 2.24) is 10.6 Å². The van der Waals surface area contributed by atoms with E-state index >= 15 is 0 Å². The molecule has 0 spiro atoms. The Balaban J connectivity index is 1.93. The molecule has 1 fully saturated rings. The molecule has 2 N–H and O–H groups in total. The van der Waals surface area contributed by atoms with Crippen molar-refractivity contribution in [2.24, 2.45) is 0 Å². The molecule has 2 amide bonds. The van der Waals surface area contributed by atoms with Crippen LogP contribution in [-0.4, -0.2) is 19.1 Å². The molecule has 1 aromatic heterocycles. The summed E-state index contributed by atoms with van der Waals surface area (Å²) >= 11 is 1.83. The summed E-state index contributed by atoms with van der Waals surface area (Å²) in [5, 5.41) is 7.89. The van der Waals surface area contributed by atoms with Crippen LogP contribution in [0.25, 0.3) is 0 Å². The molecule has 4 heteroatoms. The van der Waals surface area contributed by atoms with Crippen LogP contribution in [0.2, 0.25) is 0 Å². The SMILES string of the molecule is O=C1NCCCCC(c2cccs2)CCN1. The van der Waals surface area contributed by atoms with Crippen molar-refractivity contribution in [2.45, 2.75) is 31.6 Å². The summed E-state index contributed by atoms with van der Waals surface area (Å²) in [7, 11) is 0. The van der Waals surface area contributed by atoms with Gasteiger partial charge in [-0.2, -0.15) is 0 Å². The van der Waals surface area contributed by atoms with E-state index in [9.17, 15) is 4.79 Å². The summed E-state index contributed by atoms with van der Waals surface area (Å²) in [6, 6.07) is 4.30. The second kappa shape index (κ2) is 5.89. The summed E-state index contributed by atoms with van der Waals surface area (Å²) in [5.74, 6) is 0.624. The van der Waals surface area contributed by atoms with E-state index in [-0.39, 0.29) is 6.03 Å². The molecule has 0 radical (unpaired) electrons. The average molecular weight is 238 g/mol. The third-order valence-corrected chi connectivity index (χ3v) is 4.02. The Morgan fingerprint density at radius 3 is 2.88 bits per heavy atom. The molecule has 1 aliphatic rings. The van der Waals surface area contributed by atoms with E-state index in [4.69, 9.17) is 0 Å². The highest BCUT2D eigenvalue weighted by molar-refractivity contribution is 7.10. The lowest BCUT2D eigenvalue weighted by Gasteiger charge is -2.18. The van der Waals surface area contributed by atoms with E-state index in [1.54, 1.807) is 0 Å². The van der Waals surface area contributed by atoms with Gasteiger partial charge < -0.3 is 10.6 Å². The number of thiophene rings is 1. The first-order valence-electron chi connectivity index (χ1n) is 5.91. The molecular weight excluding hydrogens is 220 g/mol. The fraction of sp³-hybridized carbons (Fsp3) is 0.583. The highest BCUT2D eigenvalue weighted by Crippen LogP contribution is 2.29. The minimum atomic E-state index is -0.0215. The molecule has 88 valence electrons. The quantitative estimate of drug-likeness (QED) is 0.776. The third kappa shape index (κ3) is 3.23. The van der Waals surface area contributed by atoms with Gasteiger partial charge in [0.2, 0.25) is 0 Å². The highest BCUT2D eigenvalue weighted by atomic mass is 32.1. The van der Waals surface area contributed by atoms with Crippen molar-refractivity contribution in [2.75, 3.05) is 13.1 Å². The molecular formula is C12H18N2OS. The predicted molar refractivity (Wildman–Crippen MR) is 66.9 cm³/mol. The summed E-state index contributed by atoms with van der Waals surface area (Å²) in [5.41, 5.74) is 0. The van der Waals surface area contributed by atoms with Crippen molar-refractivity contribution < 1.29 is 4.79 Å². The zero-order valence-corrected chi connectivity index (χ0v) is 10.2. The normalized spacial score (nSPS) is 23.2. The van der Waals surface area contributed by atoms with E-state index in [0.29, 0.717) is 5.92 Å². The Labute approximate surface area is 100 Å². The van der Waals surface area contributed by atoms with Crippen LogP contribution in [0.3, 0.4) is 0 Å². The number of nitrogens with one attached hydrogen (secondary N) is 2. The third-order valence-electron chi connectivity index (χ3n) is 2.99. The smallest absolute Gasteiger partial charge is 0.314 e. The number of amides is 2. The van der Waals surface area contributed by atoms with Gasteiger partial charge in [0.1, 0.15) is 0 Å². The number of carbonyl (C=O) groups excluding carboxylic acids is 1. The van der Waals surface area contributed by atoms with Crippen LogP contribution in [-0.2, 0) is 0 Å². The van der Waals surface area contributed by atoms with Gasteiger partial charge in [0.15, 0.2) is 0 Å². The van der Waals surface area contributed by atoms with Crippen LogP contribution >= 0.6 is 11.3 Å². The zero-order valence-electron chi connectivity index (χ0n) is 9.37. The van der Waals surface area contributed by atoms with E-state index in [1.165, 1.54) is 17.7 Å². The number of carbonyl (C=O) groups is 1. The van der Waals surface area contributed by atoms with E-state index in [0.717, 1.165) is 25.9 Å². The Kier molecular flexibility index (Phi) is 4.22. The molecule has 2 rings (SSSR count). The fourth-order valence-electron chi connectivity index (χ4n) is 2.09. The van der Waals surface area contributed by atoms with Crippen molar-refractivity contribution >= 4 is 17.4 Å². The number of urea groups is 1. The number of hydrogen-bond acceptors (Lipinski definition) is 2. The molecule has 1 atom stereocenters. The van der Waals surface area contributed by atoms with Crippen molar-refractivity contribution in [3.8, 4) is 0 Å². The van der Waals surface area contributed by atoms with Crippen LogP contribution in [0.1, 0.15) is 36.5 Å². The topological polar surface area (TPSA) is 41.1 Å². The molecule has 1 saturated heterocycles. The van der Waals surface area contributed by atoms with E-state index < -0.39 is 0 Å². The predicted octanol–water partition coefficient (Wildman–Crippen LogP) is 2.70. The minimum absolute atomic E-state index is 0.0215. The lowest BCUT2D eigenvalue weighted by Crippen LogP contribution is -2.37. The average Bonchev–Trinajstić information content (AvgIpc) is 2.80. The first kappa shape index (κ1) is 11.5. The maximum absolute atomic E-state index is 11.3. The zero-order chi connectivity index (χ0) is 11.2. The fourth-order valence-corrected chi connectivity index (χ4v) is 2.99. The Morgan fingerprint density at radius 1 is 1.19 bits per heavy atom. The van der Waals surface area contributed by atoms with Gasteiger partial charge in [0, 0.05) is 18.0 Å². The second-order valence-electron chi connectivity index (χ2n) is 4.18. The largest absolute Gasteiger partial charge is 0.338 e. The molecule has 0 saturated carbocycles. The van der Waals surface area contributed by atoms with Gasteiger partial charge in [-0.15, -0.1) is 11.3 Å². The van der Waals surface area contributed by atoms with Gasteiger partial charge in [-0.3, -0.25) is 0 Å². The molecule has 2 heterocycles. The van der Waals surface area contributed by atoms with Gasteiger partial charge >= 0.3 is 6.03 Å². The Hall–Kier alpha value is -1.03. The highest BCUT2D eigenvalue weighted by Gasteiger charge is 2.14. The number of rotatable bonds is 1. The summed E-state index contributed by atoms with van der Waals surface area (Å²) in [6.07, 6.45) is 4.56. The van der Waals surface area contributed by atoms with Gasteiger partial charge in [-0.25, -0.2) is 4.79 Å². The Bertz CT molecular complexity index is 324. The van der Waals surface area contributed by atoms with Crippen LogP contribution in [0.4, 0.5) is 4.79 Å². The van der Waals surface area contributed by atoms with Gasteiger partial charge in [-0.1, -0.05) is 12.5 Å². The standard InChI is InChI=1S/C12H18N2OS/c15-12-13-7-2-1-4-10(6-8-14-12)11-5-3-9-16-11/h3,5,9-10H,1-2,4,6-8H2,(H2,13,14,15). The first-order chi connectivity index (χ1) is 7.86. The van der Waals surface area contributed by atoms with Crippen LogP contribution < -0.4 is 10.6 Å². The minimum Gasteiger partial charge on any atom is -0.338 e. The lowest BCUT2D eigenvalue weighted by atomic mass is 9.96. The summed E-state index contributed by atoms with van der Waals surface area (Å²) in [6.45, 7) is 1.57. The second-order valence-corrected chi connectivity index (χ2v) is 5.16. The molecule has 3 nitrogen and oxygen atoms in total. The number of hydrogen-bond donors (Lipinski definition) is 2. The summed E-state index contributed by atoms with van der Waals surface area (Å²) in [4.78, 5) is 12.7. The Morgan fingerprint density at radius 2 is 2.06 bits per heavy atom. The van der Waals surface area contributed by atoms with E-state index in [1.807, 2.05) is 11.3 Å². The molecule has 0 aliphatic carbocycles. The van der Waals surface area contributed by atoms with Crippen LogP contribution in [0, 0.1) is 0 Å². The van der Waals surface area contributed by atoms with Crippen LogP contribution in [0.5, 0.6) is 0 Å². The van der Waals surface area contributed by atoms with Crippen molar-refractivity contribution in [3.63, 3.8) is 0 Å². The molecule has 0 aromatic carbocycles. The van der Waals surface area contributed by atoms with Crippen molar-refractivity contribution in [3.05, 3.63) is 22.4 Å². The van der Waals surface area contributed by atoms with Gasteiger partial charge in [0.05, 0.1) is 0 Å². The van der Waals surface area contributed by atoms with E-state index in [2.05, 4.69) is 28.1 Å². The molecule has 16 heavy (non-hydrogen) atoms. The van der Waals surface area contributed by atoms with Gasteiger partial charge in [-0.05, 0) is 36.6 Å². The molecule has 1 aromatic rings. The van der Waals surface area contributed by atoms with Crippen LogP contribution in [0.15, 0.2) is 17.5 Å². The molecule has 0 bridgehead atoms. The maximum Gasteiger partial charge on any atom is 0.314 e. The summed E-state index contributed by atoms with van der Waals surface area (Å²) < 4.78 is 0.